The van der Waals surface area contributed by atoms with Crippen LogP contribution in [0.25, 0.3) is 0 Å². The van der Waals surface area contributed by atoms with Crippen molar-refractivity contribution < 1.29 is 0 Å². The summed E-state index contributed by atoms with van der Waals surface area (Å²) in [6, 6.07) is 0. The zero-order valence-electron chi connectivity index (χ0n) is 16.4. The number of hydrogen-bond donors (Lipinski definition) is 0. The van der Waals surface area contributed by atoms with Gasteiger partial charge in [-0.3, -0.25) is 0 Å². The summed E-state index contributed by atoms with van der Waals surface area (Å²) in [6.07, 6.45) is 15.5. The second kappa shape index (κ2) is 8.40. The van der Waals surface area contributed by atoms with Gasteiger partial charge in [-0.05, 0) is 0 Å². The van der Waals surface area contributed by atoms with Crippen LogP contribution in [0.4, 0.5) is 0 Å². The molecule has 0 aromatic heterocycles. The van der Waals surface area contributed by atoms with E-state index < -0.39 is 18.4 Å². The summed E-state index contributed by atoms with van der Waals surface area (Å²) < 4.78 is 5.57. The van der Waals surface area contributed by atoms with Gasteiger partial charge < -0.3 is 0 Å². The molecule has 1 rings (SSSR count). The molecule has 0 radical (unpaired) electrons. The van der Waals surface area contributed by atoms with E-state index in [0.29, 0.717) is 8.85 Å². The quantitative estimate of drug-likeness (QED) is 0.324. The molecule has 0 nitrogen and oxygen atoms in total. The molecule has 0 saturated heterocycles. The molecule has 0 aliphatic heterocycles. The van der Waals surface area contributed by atoms with Gasteiger partial charge in [-0.1, -0.05) is 0 Å². The first-order chi connectivity index (χ1) is 10.3. The van der Waals surface area contributed by atoms with Crippen LogP contribution in [0.5, 0.6) is 0 Å². The van der Waals surface area contributed by atoms with E-state index in [2.05, 4.69) is 66.7 Å². The van der Waals surface area contributed by atoms with E-state index >= 15 is 0 Å². The summed E-state index contributed by atoms with van der Waals surface area (Å²) in [4.78, 5) is 0. The van der Waals surface area contributed by atoms with Gasteiger partial charge in [-0.2, -0.15) is 0 Å². The summed E-state index contributed by atoms with van der Waals surface area (Å²) in [5.74, 6) is 0. The van der Waals surface area contributed by atoms with Crippen molar-refractivity contribution in [1.82, 2.24) is 0 Å². The topological polar surface area (TPSA) is 0 Å². The van der Waals surface area contributed by atoms with E-state index in [1.54, 1.807) is 8.87 Å². The Morgan fingerprint density at radius 3 is 1.86 bits per heavy atom. The molecule has 0 unspecified atom stereocenters. The number of allylic oxidation sites excluding steroid dienone is 4. The van der Waals surface area contributed by atoms with Crippen LogP contribution in [0.3, 0.4) is 0 Å². The first-order valence-corrected chi connectivity index (χ1v) is 16.5. The molecule has 22 heavy (non-hydrogen) atoms. The summed E-state index contributed by atoms with van der Waals surface area (Å²) in [5, 5.41) is 0. The van der Waals surface area contributed by atoms with Crippen molar-refractivity contribution in [2.24, 2.45) is 5.41 Å². The van der Waals surface area contributed by atoms with Gasteiger partial charge >= 0.3 is 145 Å². The van der Waals surface area contributed by atoms with Crippen LogP contribution >= 0.6 is 0 Å². The second-order valence-corrected chi connectivity index (χ2v) is 22.9. The molecule has 0 heterocycles. The molecule has 0 amide bonds. The molecule has 0 N–H and O–H groups in total. The average Bonchev–Trinajstić information content (AvgIpc) is 3.02. The van der Waals surface area contributed by atoms with E-state index in [-0.39, 0.29) is 0 Å². The number of rotatable bonds is 10. The molecule has 0 saturated carbocycles. The summed E-state index contributed by atoms with van der Waals surface area (Å²) >= 11 is -2.44. The zero-order chi connectivity index (χ0) is 16.9. The molecular weight excluding hydrogens is 371 g/mol. The van der Waals surface area contributed by atoms with Gasteiger partial charge in [0, 0.05) is 0 Å². The van der Waals surface area contributed by atoms with E-state index in [9.17, 15) is 0 Å². The zero-order valence-corrected chi connectivity index (χ0v) is 19.2. The Morgan fingerprint density at radius 1 is 0.955 bits per heavy atom. The third-order valence-electron chi connectivity index (χ3n) is 7.07. The van der Waals surface area contributed by atoms with Crippen LogP contribution in [-0.4, -0.2) is 18.4 Å². The molecule has 1 aliphatic carbocycles. The molecule has 0 fully saturated rings. The first kappa shape index (κ1) is 20.3. The SMILES string of the molecule is CCC[CH2][Sn]([CH2]CCC)([C]1=CC=CC1)[C](C)(C)C(C)(C)CC. The van der Waals surface area contributed by atoms with E-state index in [1.165, 1.54) is 38.5 Å². The number of unbranched alkanes of at least 4 members (excludes halogenated alkanes) is 2. The molecule has 0 bridgehead atoms. The van der Waals surface area contributed by atoms with E-state index in [1.807, 2.05) is 3.59 Å². The Labute approximate surface area is 144 Å². The fraction of sp³-hybridized carbons (Fsp3) is 0.810. The van der Waals surface area contributed by atoms with Crippen molar-refractivity contribution >= 4 is 18.4 Å². The Balaban J connectivity index is 3.33. The first-order valence-electron chi connectivity index (χ1n) is 9.65. The van der Waals surface area contributed by atoms with Gasteiger partial charge in [0.25, 0.3) is 0 Å². The fourth-order valence-electron chi connectivity index (χ4n) is 4.32. The normalized spacial score (nSPS) is 16.2. The second-order valence-electron chi connectivity index (χ2n) is 8.48. The standard InChI is InChI=1S/C8H17.C5H5.2C4H9.Sn/c1-6-8(4,5)7(2)3;1-2-4-5-3-1;2*1-3-4-2;/h6H2,1-5H3;1-3H,4H2;2*1,3-4H2,2H3;. The summed E-state index contributed by atoms with van der Waals surface area (Å²) in [6.45, 7) is 17.5. The van der Waals surface area contributed by atoms with Crippen LogP contribution in [0.15, 0.2) is 21.8 Å². The third kappa shape index (κ3) is 3.84. The van der Waals surface area contributed by atoms with E-state index in [4.69, 9.17) is 0 Å². The van der Waals surface area contributed by atoms with Gasteiger partial charge in [0.05, 0.1) is 0 Å². The van der Waals surface area contributed by atoms with Gasteiger partial charge in [0.15, 0.2) is 0 Å². The van der Waals surface area contributed by atoms with Crippen LogP contribution in [0, 0.1) is 5.41 Å². The molecule has 0 aromatic carbocycles. The molecule has 1 heteroatoms. The molecule has 0 atom stereocenters. The summed E-state index contributed by atoms with van der Waals surface area (Å²) in [7, 11) is 0. The predicted molar refractivity (Wildman–Crippen MR) is 105 cm³/mol. The van der Waals surface area contributed by atoms with Crippen molar-refractivity contribution in [3.8, 4) is 0 Å². The van der Waals surface area contributed by atoms with Crippen LogP contribution < -0.4 is 0 Å². The van der Waals surface area contributed by atoms with E-state index in [0.717, 1.165) is 0 Å². The fourth-order valence-corrected chi connectivity index (χ4v) is 25.0. The maximum atomic E-state index is 2.65. The molecule has 128 valence electrons. The van der Waals surface area contributed by atoms with Crippen molar-refractivity contribution in [3.05, 3.63) is 21.8 Å². The van der Waals surface area contributed by atoms with Gasteiger partial charge in [0.1, 0.15) is 0 Å². The Hall–Kier alpha value is 0.279. The Morgan fingerprint density at radius 2 is 1.50 bits per heavy atom. The van der Waals surface area contributed by atoms with Crippen LogP contribution in [0.2, 0.25) is 12.3 Å². The third-order valence-corrected chi connectivity index (χ3v) is 27.3. The molecule has 0 spiro atoms. The molecular formula is C21H40Sn. The van der Waals surface area contributed by atoms with Gasteiger partial charge in [0.2, 0.25) is 0 Å². The van der Waals surface area contributed by atoms with Crippen molar-refractivity contribution in [2.75, 3.05) is 0 Å². The Bertz CT molecular complexity index is 390. The van der Waals surface area contributed by atoms with Gasteiger partial charge in [-0.15, -0.1) is 0 Å². The van der Waals surface area contributed by atoms with Crippen LogP contribution in [-0.2, 0) is 0 Å². The van der Waals surface area contributed by atoms with Crippen molar-refractivity contribution in [1.29, 1.82) is 0 Å². The minimum absolute atomic E-state index is 0.452. The van der Waals surface area contributed by atoms with Crippen LogP contribution in [0.1, 0.15) is 87.0 Å². The molecule has 1 aliphatic rings. The van der Waals surface area contributed by atoms with Gasteiger partial charge in [-0.25, -0.2) is 0 Å². The average molecular weight is 411 g/mol. The summed E-state index contributed by atoms with van der Waals surface area (Å²) in [5.41, 5.74) is 0.452. The number of hydrogen-bond acceptors (Lipinski definition) is 0. The monoisotopic (exact) mass is 412 g/mol. The maximum absolute atomic E-state index is 2.65. The Kier molecular flexibility index (Phi) is 7.76. The minimum atomic E-state index is -2.44. The van der Waals surface area contributed by atoms with Crippen molar-refractivity contribution in [3.63, 3.8) is 0 Å². The predicted octanol–water partition coefficient (Wildman–Crippen LogP) is 7.68. The molecule has 0 aromatic rings. The van der Waals surface area contributed by atoms with Crippen molar-refractivity contribution in [2.45, 2.75) is 99.3 Å².